The van der Waals surface area contributed by atoms with Gasteiger partial charge in [-0.1, -0.05) is 13.0 Å². The summed E-state index contributed by atoms with van der Waals surface area (Å²) in [6.45, 7) is 3.60. The van der Waals surface area contributed by atoms with Gasteiger partial charge in [-0.3, -0.25) is 4.79 Å². The van der Waals surface area contributed by atoms with E-state index in [-0.39, 0.29) is 18.8 Å². The predicted molar refractivity (Wildman–Crippen MR) is 97.9 cm³/mol. The summed E-state index contributed by atoms with van der Waals surface area (Å²) in [5.41, 5.74) is 2.00. The fourth-order valence-corrected chi connectivity index (χ4v) is 3.33. The normalized spacial score (nSPS) is 18.4. The average Bonchev–Trinajstić information content (AvgIpc) is 3.16. The maximum atomic E-state index is 12.7. The Labute approximate surface area is 158 Å². The molecule has 2 aliphatic heterocycles. The number of hydrogen-bond donors (Lipinski definition) is 0. The lowest BCUT2D eigenvalue weighted by Gasteiger charge is -2.32. The zero-order valence-electron chi connectivity index (χ0n) is 15.4. The molecular formula is C20H23N3O4. The molecule has 2 aliphatic rings. The summed E-state index contributed by atoms with van der Waals surface area (Å²) in [6.07, 6.45) is 6.53. The van der Waals surface area contributed by atoms with Gasteiger partial charge in [0.15, 0.2) is 11.5 Å². The Morgan fingerprint density at radius 2 is 2.04 bits per heavy atom. The van der Waals surface area contributed by atoms with Crippen LogP contribution in [0.15, 0.2) is 30.6 Å². The van der Waals surface area contributed by atoms with Crippen molar-refractivity contribution in [3.8, 4) is 17.5 Å². The highest BCUT2D eigenvalue weighted by Crippen LogP contribution is 2.32. The largest absolute Gasteiger partial charge is 0.458 e. The first-order valence-corrected chi connectivity index (χ1v) is 9.35. The standard InChI is InChI=1S/C20H23N3O4/c1-2-14-10-21-20(22-11-14)27-16-4-3-7-23(12-16)19(24)9-15-5-6-17-18(8-15)26-13-25-17/h5-6,8,10-11,16H,2-4,7,9,12-13H2,1H3. The molecule has 4 rings (SSSR count). The molecular weight excluding hydrogens is 346 g/mol. The lowest BCUT2D eigenvalue weighted by molar-refractivity contribution is -0.133. The van der Waals surface area contributed by atoms with Gasteiger partial charge >= 0.3 is 6.01 Å². The number of nitrogens with zero attached hydrogens (tertiary/aromatic N) is 3. The molecule has 1 atom stereocenters. The SMILES string of the molecule is CCc1cnc(OC2CCCN(C(=O)Cc3ccc4c(c3)OCO4)C2)nc1. The highest BCUT2D eigenvalue weighted by atomic mass is 16.7. The second kappa shape index (κ2) is 7.82. The van der Waals surface area contributed by atoms with Gasteiger partial charge in [-0.25, -0.2) is 9.97 Å². The molecule has 0 N–H and O–H groups in total. The summed E-state index contributed by atoms with van der Waals surface area (Å²) in [6, 6.07) is 6.01. The number of rotatable bonds is 5. The number of carbonyl (C=O) groups excluding carboxylic acids is 1. The summed E-state index contributed by atoms with van der Waals surface area (Å²) in [4.78, 5) is 23.1. The van der Waals surface area contributed by atoms with Crippen molar-refractivity contribution >= 4 is 5.91 Å². The van der Waals surface area contributed by atoms with Crippen LogP contribution < -0.4 is 14.2 Å². The van der Waals surface area contributed by atoms with Crippen molar-refractivity contribution in [2.24, 2.45) is 0 Å². The lowest BCUT2D eigenvalue weighted by atomic mass is 10.1. The molecule has 0 saturated carbocycles. The van der Waals surface area contributed by atoms with E-state index in [1.807, 2.05) is 23.1 Å². The molecule has 7 heteroatoms. The topological polar surface area (TPSA) is 73.8 Å². The van der Waals surface area contributed by atoms with Gasteiger partial charge in [0.2, 0.25) is 12.7 Å². The van der Waals surface area contributed by atoms with Crippen LogP contribution in [0.5, 0.6) is 17.5 Å². The molecule has 1 unspecified atom stereocenters. The van der Waals surface area contributed by atoms with Crippen LogP contribution in [0.1, 0.15) is 30.9 Å². The number of benzene rings is 1. The summed E-state index contributed by atoms with van der Waals surface area (Å²) < 4.78 is 16.6. The van der Waals surface area contributed by atoms with E-state index in [0.29, 0.717) is 24.7 Å². The van der Waals surface area contributed by atoms with Crippen LogP contribution in [0.4, 0.5) is 0 Å². The first-order chi connectivity index (χ1) is 13.2. The van der Waals surface area contributed by atoms with E-state index in [2.05, 4.69) is 16.9 Å². The number of piperidine rings is 1. The van der Waals surface area contributed by atoms with Crippen LogP contribution in [-0.4, -0.2) is 46.8 Å². The highest BCUT2D eigenvalue weighted by Gasteiger charge is 2.26. The van der Waals surface area contributed by atoms with Crippen molar-refractivity contribution in [2.75, 3.05) is 19.9 Å². The fourth-order valence-electron chi connectivity index (χ4n) is 3.33. The molecule has 0 aliphatic carbocycles. The van der Waals surface area contributed by atoms with E-state index in [1.165, 1.54) is 0 Å². The number of aromatic nitrogens is 2. The van der Waals surface area contributed by atoms with Crippen LogP contribution in [-0.2, 0) is 17.6 Å². The minimum atomic E-state index is -0.0769. The van der Waals surface area contributed by atoms with Gasteiger partial charge in [0, 0.05) is 18.9 Å². The highest BCUT2D eigenvalue weighted by molar-refractivity contribution is 5.79. The monoisotopic (exact) mass is 369 g/mol. The Morgan fingerprint density at radius 1 is 1.22 bits per heavy atom. The van der Waals surface area contributed by atoms with Crippen molar-refractivity contribution in [1.82, 2.24) is 14.9 Å². The number of likely N-dealkylation sites (tertiary alicyclic amines) is 1. The second-order valence-corrected chi connectivity index (χ2v) is 6.81. The molecule has 7 nitrogen and oxygen atoms in total. The predicted octanol–water partition coefficient (Wildman–Crippen LogP) is 2.38. The molecule has 3 heterocycles. The van der Waals surface area contributed by atoms with Gasteiger partial charge in [0.1, 0.15) is 6.10 Å². The fraction of sp³-hybridized carbons (Fsp3) is 0.450. The van der Waals surface area contributed by atoms with E-state index in [9.17, 15) is 4.79 Å². The zero-order chi connectivity index (χ0) is 18.6. The van der Waals surface area contributed by atoms with Crippen molar-refractivity contribution in [1.29, 1.82) is 0 Å². The van der Waals surface area contributed by atoms with Crippen LogP contribution in [0.3, 0.4) is 0 Å². The first kappa shape index (κ1) is 17.6. The summed E-state index contributed by atoms with van der Waals surface area (Å²) in [5.74, 6) is 1.52. The molecule has 27 heavy (non-hydrogen) atoms. The van der Waals surface area contributed by atoms with Crippen LogP contribution in [0.25, 0.3) is 0 Å². The van der Waals surface area contributed by atoms with Gasteiger partial charge in [0.05, 0.1) is 13.0 Å². The molecule has 1 saturated heterocycles. The third-order valence-corrected chi connectivity index (χ3v) is 4.89. The van der Waals surface area contributed by atoms with Gasteiger partial charge < -0.3 is 19.1 Å². The van der Waals surface area contributed by atoms with E-state index in [4.69, 9.17) is 14.2 Å². The molecule has 0 spiro atoms. The van der Waals surface area contributed by atoms with E-state index >= 15 is 0 Å². The minimum absolute atomic E-state index is 0.0769. The van der Waals surface area contributed by atoms with Gasteiger partial charge in [0.25, 0.3) is 0 Å². The third-order valence-electron chi connectivity index (χ3n) is 4.89. The Balaban J connectivity index is 1.35. The van der Waals surface area contributed by atoms with Crippen LogP contribution in [0, 0.1) is 0 Å². The zero-order valence-corrected chi connectivity index (χ0v) is 15.4. The molecule has 1 aromatic carbocycles. The van der Waals surface area contributed by atoms with Crippen molar-refractivity contribution in [3.63, 3.8) is 0 Å². The maximum Gasteiger partial charge on any atom is 0.316 e. The quantitative estimate of drug-likeness (QED) is 0.806. The Bertz CT molecular complexity index is 809. The van der Waals surface area contributed by atoms with Gasteiger partial charge in [-0.05, 0) is 42.5 Å². The van der Waals surface area contributed by atoms with E-state index < -0.39 is 0 Å². The third kappa shape index (κ3) is 4.13. The number of carbonyl (C=O) groups is 1. The number of aryl methyl sites for hydroxylation is 1. The average molecular weight is 369 g/mol. The maximum absolute atomic E-state index is 12.7. The smallest absolute Gasteiger partial charge is 0.316 e. The molecule has 142 valence electrons. The number of amides is 1. The molecule has 0 bridgehead atoms. The number of ether oxygens (including phenoxy) is 3. The molecule has 1 aromatic heterocycles. The summed E-state index contributed by atoms with van der Waals surface area (Å²) >= 11 is 0. The number of hydrogen-bond acceptors (Lipinski definition) is 6. The second-order valence-electron chi connectivity index (χ2n) is 6.81. The molecule has 0 radical (unpaired) electrons. The van der Waals surface area contributed by atoms with E-state index in [1.54, 1.807) is 12.4 Å². The van der Waals surface area contributed by atoms with Gasteiger partial charge in [-0.2, -0.15) is 0 Å². The Kier molecular flexibility index (Phi) is 5.09. The van der Waals surface area contributed by atoms with Crippen molar-refractivity contribution < 1.29 is 19.0 Å². The Morgan fingerprint density at radius 3 is 2.85 bits per heavy atom. The van der Waals surface area contributed by atoms with Crippen LogP contribution in [0.2, 0.25) is 0 Å². The first-order valence-electron chi connectivity index (χ1n) is 9.35. The van der Waals surface area contributed by atoms with E-state index in [0.717, 1.165) is 42.7 Å². The van der Waals surface area contributed by atoms with Crippen molar-refractivity contribution in [3.05, 3.63) is 41.7 Å². The van der Waals surface area contributed by atoms with Gasteiger partial charge in [-0.15, -0.1) is 0 Å². The summed E-state index contributed by atoms with van der Waals surface area (Å²) in [5, 5.41) is 0. The van der Waals surface area contributed by atoms with Crippen LogP contribution >= 0.6 is 0 Å². The number of fused-ring (bicyclic) bond motifs is 1. The Hall–Kier alpha value is -2.83. The lowest BCUT2D eigenvalue weighted by Crippen LogP contribution is -2.45. The molecule has 1 amide bonds. The minimum Gasteiger partial charge on any atom is -0.458 e. The summed E-state index contributed by atoms with van der Waals surface area (Å²) in [7, 11) is 0. The van der Waals surface area contributed by atoms with Crippen molar-refractivity contribution in [2.45, 2.75) is 38.7 Å². The molecule has 2 aromatic rings. The molecule has 1 fully saturated rings.